The van der Waals surface area contributed by atoms with Crippen molar-refractivity contribution in [3.05, 3.63) is 12.2 Å². The number of carbonyl (C=O) groups excluding carboxylic acids is 1. The van der Waals surface area contributed by atoms with Crippen LogP contribution in [0.4, 0.5) is 4.79 Å². The van der Waals surface area contributed by atoms with Gasteiger partial charge in [-0.25, -0.2) is 4.79 Å². The first-order valence-corrected chi connectivity index (χ1v) is 3.01. The lowest BCUT2D eigenvalue weighted by Crippen LogP contribution is -2.13. The van der Waals surface area contributed by atoms with Gasteiger partial charge < -0.3 is 9.47 Å². The van der Waals surface area contributed by atoms with Crippen LogP contribution in [0, 0.1) is 11.3 Å². The van der Waals surface area contributed by atoms with Crippen LogP contribution in [0.5, 0.6) is 0 Å². The molecule has 0 unspecified atom stereocenters. The summed E-state index contributed by atoms with van der Waals surface area (Å²) in [6, 6.07) is 1.76. The van der Waals surface area contributed by atoms with Gasteiger partial charge in [0.25, 0.3) is 0 Å². The van der Waals surface area contributed by atoms with Crippen molar-refractivity contribution in [2.24, 2.45) is 0 Å². The van der Waals surface area contributed by atoms with Crippen LogP contribution in [0.25, 0.3) is 0 Å². The predicted octanol–water partition coefficient (Wildman–Crippen LogP) is 1.24. The van der Waals surface area contributed by atoms with Crippen molar-refractivity contribution in [3.8, 4) is 6.07 Å². The molecule has 0 aliphatic heterocycles. The van der Waals surface area contributed by atoms with Crippen molar-refractivity contribution in [1.82, 2.24) is 0 Å². The molecular formula is C7H9NO3. The summed E-state index contributed by atoms with van der Waals surface area (Å²) in [6.07, 6.45) is 1.37. The van der Waals surface area contributed by atoms with E-state index < -0.39 is 12.3 Å². The number of methoxy groups -OCH3 is 1. The van der Waals surface area contributed by atoms with Crippen LogP contribution in [0.15, 0.2) is 12.2 Å². The Bertz CT molecular complexity index is 192. The third-order valence-electron chi connectivity index (χ3n) is 0.884. The molecule has 0 saturated heterocycles. The Morgan fingerprint density at radius 3 is 2.73 bits per heavy atom. The summed E-state index contributed by atoms with van der Waals surface area (Å²) in [5.41, 5.74) is 0. The SMILES string of the molecule is C/C=C/[C@@H](C#N)OC(=O)OC. The number of allylic oxidation sites excluding steroid dienone is 1. The van der Waals surface area contributed by atoms with Crippen molar-refractivity contribution >= 4 is 6.16 Å². The van der Waals surface area contributed by atoms with Gasteiger partial charge in [-0.15, -0.1) is 0 Å². The zero-order valence-corrected chi connectivity index (χ0v) is 6.40. The van der Waals surface area contributed by atoms with Gasteiger partial charge in [-0.2, -0.15) is 5.26 Å². The van der Waals surface area contributed by atoms with Crippen molar-refractivity contribution < 1.29 is 14.3 Å². The van der Waals surface area contributed by atoms with Gasteiger partial charge in [-0.1, -0.05) is 6.08 Å². The number of hydrogen-bond acceptors (Lipinski definition) is 4. The zero-order valence-electron chi connectivity index (χ0n) is 6.40. The van der Waals surface area contributed by atoms with Gasteiger partial charge in [-0.3, -0.25) is 0 Å². The lowest BCUT2D eigenvalue weighted by atomic mass is 10.3. The fourth-order valence-electron chi connectivity index (χ4n) is 0.435. The molecule has 11 heavy (non-hydrogen) atoms. The van der Waals surface area contributed by atoms with Gasteiger partial charge in [0.05, 0.1) is 7.11 Å². The molecule has 4 nitrogen and oxygen atoms in total. The minimum absolute atomic E-state index is 0.852. The maximum Gasteiger partial charge on any atom is 0.509 e. The molecule has 0 saturated carbocycles. The maximum absolute atomic E-state index is 10.4. The number of nitriles is 1. The monoisotopic (exact) mass is 155 g/mol. The molecule has 0 N–H and O–H groups in total. The van der Waals surface area contributed by atoms with Crippen LogP contribution in [-0.2, 0) is 9.47 Å². The smallest absolute Gasteiger partial charge is 0.438 e. The van der Waals surface area contributed by atoms with E-state index in [1.807, 2.05) is 0 Å². The fraction of sp³-hybridized carbons (Fsp3) is 0.429. The second-order valence-electron chi connectivity index (χ2n) is 1.65. The highest BCUT2D eigenvalue weighted by Crippen LogP contribution is 1.94. The van der Waals surface area contributed by atoms with E-state index in [2.05, 4.69) is 9.47 Å². The lowest BCUT2D eigenvalue weighted by Gasteiger charge is -2.03. The summed E-state index contributed by atoms with van der Waals surface area (Å²) < 4.78 is 8.66. The molecule has 4 heteroatoms. The maximum atomic E-state index is 10.4. The van der Waals surface area contributed by atoms with E-state index in [1.54, 1.807) is 19.1 Å². The molecule has 60 valence electrons. The standard InChI is InChI=1S/C7H9NO3/c1-3-4-6(5-8)11-7(9)10-2/h3-4,6H,1-2H3/b4-3+/t6-/m0/s1. The minimum Gasteiger partial charge on any atom is -0.438 e. The molecule has 0 aromatic heterocycles. The Balaban J connectivity index is 3.90. The molecule has 0 rings (SSSR count). The second kappa shape index (κ2) is 5.30. The lowest BCUT2D eigenvalue weighted by molar-refractivity contribution is 0.0667. The summed E-state index contributed by atoms with van der Waals surface area (Å²) in [5.74, 6) is 0. The van der Waals surface area contributed by atoms with Crippen LogP contribution in [0.3, 0.4) is 0 Å². The van der Waals surface area contributed by atoms with Crippen molar-refractivity contribution in [2.75, 3.05) is 7.11 Å². The molecule has 0 amide bonds. The number of carbonyl (C=O) groups is 1. The Kier molecular flexibility index (Phi) is 4.58. The Labute approximate surface area is 65.0 Å². The largest absolute Gasteiger partial charge is 0.509 e. The van der Waals surface area contributed by atoms with Crippen molar-refractivity contribution in [3.63, 3.8) is 0 Å². The molecular weight excluding hydrogens is 146 g/mol. The predicted molar refractivity (Wildman–Crippen MR) is 37.7 cm³/mol. The van der Waals surface area contributed by atoms with E-state index in [0.29, 0.717) is 0 Å². The molecule has 0 bridgehead atoms. The van der Waals surface area contributed by atoms with Gasteiger partial charge >= 0.3 is 6.16 Å². The van der Waals surface area contributed by atoms with Crippen molar-refractivity contribution in [2.45, 2.75) is 13.0 Å². The first-order chi connectivity index (χ1) is 5.24. The Hall–Kier alpha value is -1.50. The van der Waals surface area contributed by atoms with Crippen LogP contribution in [-0.4, -0.2) is 19.4 Å². The molecule has 0 aliphatic rings. The summed E-state index contributed by atoms with van der Waals surface area (Å²) >= 11 is 0. The van der Waals surface area contributed by atoms with Gasteiger partial charge in [0.1, 0.15) is 6.07 Å². The highest BCUT2D eigenvalue weighted by atomic mass is 16.7. The summed E-state index contributed by atoms with van der Waals surface area (Å²) in [4.78, 5) is 10.4. The normalized spacial score (nSPS) is 12.1. The van der Waals surface area contributed by atoms with Crippen LogP contribution < -0.4 is 0 Å². The molecule has 0 heterocycles. The molecule has 0 aliphatic carbocycles. The number of nitrogens with zero attached hydrogens (tertiary/aromatic N) is 1. The zero-order chi connectivity index (χ0) is 8.69. The average molecular weight is 155 g/mol. The first kappa shape index (κ1) is 9.50. The highest BCUT2D eigenvalue weighted by Gasteiger charge is 2.08. The number of ether oxygens (including phenoxy) is 2. The topological polar surface area (TPSA) is 59.3 Å². The third-order valence-corrected chi connectivity index (χ3v) is 0.884. The third kappa shape index (κ3) is 3.98. The first-order valence-electron chi connectivity index (χ1n) is 3.01. The van der Waals surface area contributed by atoms with Crippen LogP contribution in [0.1, 0.15) is 6.92 Å². The second-order valence-corrected chi connectivity index (χ2v) is 1.65. The van der Waals surface area contributed by atoms with E-state index >= 15 is 0 Å². The Morgan fingerprint density at radius 2 is 2.36 bits per heavy atom. The van der Waals surface area contributed by atoms with E-state index in [0.717, 1.165) is 0 Å². The molecule has 1 atom stereocenters. The molecule has 0 aromatic rings. The van der Waals surface area contributed by atoms with Gasteiger partial charge in [0.15, 0.2) is 0 Å². The average Bonchev–Trinajstić information content (AvgIpc) is 2.03. The number of rotatable bonds is 2. The highest BCUT2D eigenvalue weighted by molar-refractivity contribution is 5.60. The molecule has 0 aromatic carbocycles. The van der Waals surface area contributed by atoms with Gasteiger partial charge in [-0.05, 0) is 13.0 Å². The summed E-state index contributed by atoms with van der Waals surface area (Å²) in [6.45, 7) is 1.73. The quantitative estimate of drug-likeness (QED) is 0.444. The van der Waals surface area contributed by atoms with Crippen molar-refractivity contribution in [1.29, 1.82) is 5.26 Å². The van der Waals surface area contributed by atoms with E-state index in [-0.39, 0.29) is 0 Å². The van der Waals surface area contributed by atoms with Gasteiger partial charge in [0.2, 0.25) is 6.10 Å². The van der Waals surface area contributed by atoms with E-state index in [9.17, 15) is 4.79 Å². The van der Waals surface area contributed by atoms with Crippen LogP contribution >= 0.6 is 0 Å². The van der Waals surface area contributed by atoms with E-state index in [4.69, 9.17) is 5.26 Å². The number of hydrogen-bond donors (Lipinski definition) is 0. The summed E-state index contributed by atoms with van der Waals surface area (Å²) in [7, 11) is 1.19. The molecule has 0 spiro atoms. The molecule has 0 fully saturated rings. The minimum atomic E-state index is -0.854. The Morgan fingerprint density at radius 1 is 1.73 bits per heavy atom. The van der Waals surface area contributed by atoms with Crippen LogP contribution in [0.2, 0.25) is 0 Å². The summed E-state index contributed by atoms with van der Waals surface area (Å²) in [5, 5.41) is 8.37. The van der Waals surface area contributed by atoms with Gasteiger partial charge in [0, 0.05) is 0 Å². The molecule has 0 radical (unpaired) electrons. The fourth-order valence-corrected chi connectivity index (χ4v) is 0.435. The van der Waals surface area contributed by atoms with E-state index in [1.165, 1.54) is 13.2 Å².